The summed E-state index contributed by atoms with van der Waals surface area (Å²) in [6.45, 7) is 2.58. The van der Waals surface area contributed by atoms with E-state index in [1.165, 1.54) is 5.56 Å². The van der Waals surface area contributed by atoms with Gasteiger partial charge in [0.05, 0.1) is 18.3 Å². The molecule has 4 aromatic rings. The maximum absolute atomic E-state index is 10.9. The van der Waals surface area contributed by atoms with E-state index in [-0.39, 0.29) is 12.0 Å². The highest BCUT2D eigenvalue weighted by molar-refractivity contribution is 7.99. The van der Waals surface area contributed by atoms with E-state index >= 15 is 0 Å². The van der Waals surface area contributed by atoms with Crippen LogP contribution in [0.25, 0.3) is 11.2 Å². The number of nitrogens with zero attached hydrogens (tertiary/aromatic N) is 8. The molecule has 2 saturated carbocycles. The third kappa shape index (κ3) is 4.44. The second-order valence-corrected chi connectivity index (χ2v) is 10.6. The fourth-order valence-electron chi connectivity index (χ4n) is 5.08. The molecule has 0 aliphatic heterocycles. The van der Waals surface area contributed by atoms with Gasteiger partial charge in [0.1, 0.15) is 6.10 Å². The van der Waals surface area contributed by atoms with Crippen molar-refractivity contribution in [1.29, 1.82) is 0 Å². The van der Waals surface area contributed by atoms with Crippen LogP contribution in [0, 0.1) is 5.92 Å². The average molecular weight is 508 g/mol. The zero-order chi connectivity index (χ0) is 24.6. The minimum atomic E-state index is -0.993. The number of anilines is 1. The number of aliphatic hydroxyl groups excluding tert-OH is 2. The van der Waals surface area contributed by atoms with Gasteiger partial charge in [-0.1, -0.05) is 59.4 Å². The molecule has 2 aliphatic carbocycles. The number of aromatic nitrogens is 8. The molecular formula is C24H29N9O2S. The quantitative estimate of drug-likeness (QED) is 0.228. The summed E-state index contributed by atoms with van der Waals surface area (Å²) in [5.41, 5.74) is 2.46. The predicted octanol–water partition coefficient (Wildman–Crippen LogP) is 2.27. The molecule has 0 radical (unpaired) electrons. The molecular weight excluding hydrogens is 478 g/mol. The van der Waals surface area contributed by atoms with Crippen LogP contribution in [0.1, 0.15) is 43.7 Å². The van der Waals surface area contributed by atoms with E-state index in [4.69, 9.17) is 9.97 Å². The van der Waals surface area contributed by atoms with Gasteiger partial charge in [-0.05, 0) is 24.8 Å². The summed E-state index contributed by atoms with van der Waals surface area (Å²) in [5, 5.41) is 42.6. The van der Waals surface area contributed by atoms with Crippen LogP contribution < -0.4 is 5.32 Å². The molecule has 1 aromatic carbocycles. The average Bonchev–Trinajstić information content (AvgIpc) is 3.19. The first-order valence-corrected chi connectivity index (χ1v) is 13.4. The van der Waals surface area contributed by atoms with Gasteiger partial charge in [-0.25, -0.2) is 14.6 Å². The minimum Gasteiger partial charge on any atom is -0.390 e. The molecule has 188 valence electrons. The van der Waals surface area contributed by atoms with Crippen molar-refractivity contribution < 1.29 is 10.2 Å². The summed E-state index contributed by atoms with van der Waals surface area (Å²) in [6, 6.07) is 10.3. The number of hydrogen-bond acceptors (Lipinski definition) is 10. The van der Waals surface area contributed by atoms with Crippen molar-refractivity contribution in [3.8, 4) is 0 Å². The van der Waals surface area contributed by atoms with E-state index in [2.05, 4.69) is 57.1 Å². The van der Waals surface area contributed by atoms with E-state index < -0.39 is 18.2 Å². The molecule has 12 heteroatoms. The number of hydrogen-bond donors (Lipinski definition) is 3. The second kappa shape index (κ2) is 9.75. The molecule has 36 heavy (non-hydrogen) atoms. The summed E-state index contributed by atoms with van der Waals surface area (Å²) in [7, 11) is 0. The Labute approximate surface area is 212 Å². The molecule has 0 amide bonds. The summed E-state index contributed by atoms with van der Waals surface area (Å²) >= 11 is 1.59. The zero-order valence-corrected chi connectivity index (χ0v) is 20.7. The van der Waals surface area contributed by atoms with E-state index in [1.54, 1.807) is 33.5 Å². The summed E-state index contributed by atoms with van der Waals surface area (Å²) < 4.78 is 3.33. The maximum Gasteiger partial charge on any atom is 0.191 e. The molecule has 6 atom stereocenters. The van der Waals surface area contributed by atoms with Gasteiger partial charge in [0.25, 0.3) is 0 Å². The number of nitrogens with one attached hydrogen (secondary N) is 1. The van der Waals surface area contributed by atoms with Gasteiger partial charge in [-0.2, -0.15) is 0 Å². The first kappa shape index (κ1) is 23.3. The summed E-state index contributed by atoms with van der Waals surface area (Å²) in [4.78, 5) is 9.55. The van der Waals surface area contributed by atoms with Gasteiger partial charge < -0.3 is 15.5 Å². The summed E-state index contributed by atoms with van der Waals surface area (Å²) in [6.07, 6.45) is 3.99. The number of rotatable bonds is 9. The molecule has 2 aliphatic rings. The minimum absolute atomic E-state index is 0.197. The predicted molar refractivity (Wildman–Crippen MR) is 135 cm³/mol. The van der Waals surface area contributed by atoms with E-state index in [1.807, 2.05) is 6.07 Å². The number of thioether (sulfide) groups is 1. The van der Waals surface area contributed by atoms with Crippen LogP contribution in [-0.4, -0.2) is 74.2 Å². The standard InChI is InChI=1S/C24H29N9O2S/c1-2-10-36-24-27-22(26-17-12-16(17)14-6-4-3-5-7-14)19-23(28-24)33(31-29-19)18-11-15(20(34)21(18)35)13-32-9-8-25-30-32/h3-9,15-18,20-21,34-35H,2,10-13H2,1H3,(H,26,27,28)/t15?,16?,17?,18?,20-,21+/m1/s1. The Morgan fingerprint density at radius 2 is 1.94 bits per heavy atom. The van der Waals surface area contributed by atoms with Gasteiger partial charge in [0.2, 0.25) is 0 Å². The van der Waals surface area contributed by atoms with Gasteiger partial charge >= 0.3 is 0 Å². The SMILES string of the molecule is CCCSc1nc(NC2CC2c2ccccc2)c2nnn(C3CC(Cn4ccnn4)[C@@H](O)[C@H]3O)c2n1. The number of benzene rings is 1. The smallest absolute Gasteiger partial charge is 0.191 e. The summed E-state index contributed by atoms with van der Waals surface area (Å²) in [5.74, 6) is 1.80. The lowest BCUT2D eigenvalue weighted by atomic mass is 10.1. The van der Waals surface area contributed by atoms with Crippen LogP contribution in [0.2, 0.25) is 0 Å². The number of fused-ring (bicyclic) bond motifs is 1. The Morgan fingerprint density at radius 1 is 1.08 bits per heavy atom. The highest BCUT2D eigenvalue weighted by Crippen LogP contribution is 2.43. The zero-order valence-electron chi connectivity index (χ0n) is 19.9. The Hall–Kier alpha value is -3.09. The van der Waals surface area contributed by atoms with Crippen molar-refractivity contribution in [2.45, 2.75) is 68.1 Å². The molecule has 3 heterocycles. The van der Waals surface area contributed by atoms with Crippen molar-refractivity contribution >= 4 is 28.7 Å². The normalized spacial score (nSPS) is 27.5. The molecule has 6 rings (SSSR count). The fourth-order valence-corrected chi connectivity index (χ4v) is 5.78. The van der Waals surface area contributed by atoms with Crippen molar-refractivity contribution in [2.24, 2.45) is 5.92 Å². The Bertz CT molecular complexity index is 1320. The first-order valence-electron chi connectivity index (χ1n) is 12.4. The van der Waals surface area contributed by atoms with Crippen LogP contribution in [0.15, 0.2) is 47.9 Å². The van der Waals surface area contributed by atoms with Crippen LogP contribution in [0.5, 0.6) is 0 Å². The van der Waals surface area contributed by atoms with E-state index in [0.717, 1.165) is 18.6 Å². The maximum atomic E-state index is 10.9. The lowest BCUT2D eigenvalue weighted by Crippen LogP contribution is -2.31. The highest BCUT2D eigenvalue weighted by Gasteiger charge is 2.44. The van der Waals surface area contributed by atoms with Crippen molar-refractivity contribution in [3.63, 3.8) is 0 Å². The number of aliphatic hydroxyl groups is 2. The monoisotopic (exact) mass is 507 g/mol. The van der Waals surface area contributed by atoms with Crippen molar-refractivity contribution in [1.82, 2.24) is 40.0 Å². The van der Waals surface area contributed by atoms with Crippen LogP contribution >= 0.6 is 11.8 Å². The van der Waals surface area contributed by atoms with Gasteiger partial charge in [-0.15, -0.1) is 10.2 Å². The van der Waals surface area contributed by atoms with Crippen molar-refractivity contribution in [3.05, 3.63) is 48.3 Å². The molecule has 0 saturated heterocycles. The molecule has 3 aromatic heterocycles. The Morgan fingerprint density at radius 3 is 2.72 bits per heavy atom. The van der Waals surface area contributed by atoms with Crippen LogP contribution in [0.4, 0.5) is 5.82 Å². The lowest BCUT2D eigenvalue weighted by molar-refractivity contribution is 0.00151. The van der Waals surface area contributed by atoms with Gasteiger partial charge in [-0.3, -0.25) is 4.68 Å². The molecule has 2 fully saturated rings. The Balaban J connectivity index is 1.29. The van der Waals surface area contributed by atoms with Crippen LogP contribution in [-0.2, 0) is 6.54 Å². The van der Waals surface area contributed by atoms with Gasteiger partial charge in [0.15, 0.2) is 22.1 Å². The van der Waals surface area contributed by atoms with E-state index in [9.17, 15) is 10.2 Å². The second-order valence-electron chi connectivity index (χ2n) is 9.58. The highest BCUT2D eigenvalue weighted by atomic mass is 32.2. The lowest BCUT2D eigenvalue weighted by Gasteiger charge is -2.17. The van der Waals surface area contributed by atoms with Crippen LogP contribution in [0.3, 0.4) is 0 Å². The topological polar surface area (TPSA) is 140 Å². The molecule has 0 spiro atoms. The molecule has 11 nitrogen and oxygen atoms in total. The molecule has 4 unspecified atom stereocenters. The van der Waals surface area contributed by atoms with Crippen molar-refractivity contribution in [2.75, 3.05) is 11.1 Å². The third-order valence-corrected chi connectivity index (χ3v) is 8.11. The molecule has 3 N–H and O–H groups in total. The van der Waals surface area contributed by atoms with E-state index in [0.29, 0.717) is 41.0 Å². The largest absolute Gasteiger partial charge is 0.390 e. The fraction of sp³-hybridized carbons (Fsp3) is 0.500. The third-order valence-electron chi connectivity index (χ3n) is 7.06. The first-order chi connectivity index (χ1) is 17.6. The van der Waals surface area contributed by atoms with Gasteiger partial charge in [0, 0.05) is 36.4 Å². The molecule has 0 bridgehead atoms. The Kier molecular flexibility index (Phi) is 6.32.